The molecule has 1 atom stereocenters. The molecule has 1 saturated heterocycles. The minimum Gasteiger partial charge on any atom is -0.467 e. The second-order valence-electron chi connectivity index (χ2n) is 4.71. The largest absolute Gasteiger partial charge is 0.467 e. The van der Waals surface area contributed by atoms with Gasteiger partial charge < -0.3 is 14.6 Å². The summed E-state index contributed by atoms with van der Waals surface area (Å²) in [6.45, 7) is 1.24. The molecule has 0 spiro atoms. The van der Waals surface area contributed by atoms with E-state index < -0.39 is 0 Å². The Balaban J connectivity index is 1.64. The third kappa shape index (κ3) is 2.64. The fourth-order valence-corrected chi connectivity index (χ4v) is 2.46. The molecule has 2 aromatic heterocycles. The molecule has 1 amide bonds. The van der Waals surface area contributed by atoms with Gasteiger partial charge in [-0.05, 0) is 25.0 Å². The number of hydrogen-bond donors (Lipinski definition) is 1. The van der Waals surface area contributed by atoms with Crippen LogP contribution in [0, 0.1) is 0 Å². The number of hydrogen-bond acceptors (Lipinski definition) is 5. The fourth-order valence-electron chi connectivity index (χ4n) is 2.46. The highest BCUT2D eigenvalue weighted by Gasteiger charge is 2.31. The first kappa shape index (κ1) is 12.7. The molecule has 104 valence electrons. The molecule has 3 heterocycles. The molecule has 1 N–H and O–H groups in total. The minimum atomic E-state index is -0.179. The number of nitrogens with one attached hydrogen (secondary N) is 1. The Bertz CT molecular complexity index is 556. The zero-order valence-electron chi connectivity index (χ0n) is 11.0. The Kier molecular flexibility index (Phi) is 3.62. The summed E-state index contributed by atoms with van der Waals surface area (Å²) in [5.74, 6) is 1.51. The van der Waals surface area contributed by atoms with E-state index in [4.69, 9.17) is 4.42 Å². The van der Waals surface area contributed by atoms with Gasteiger partial charge in [0.15, 0.2) is 0 Å². The molecule has 1 fully saturated rings. The number of aromatic nitrogens is 2. The average Bonchev–Trinajstić information content (AvgIpc) is 3.17. The Labute approximate surface area is 116 Å². The highest BCUT2D eigenvalue weighted by atomic mass is 16.3. The van der Waals surface area contributed by atoms with Crippen molar-refractivity contribution in [2.75, 3.05) is 11.4 Å². The van der Waals surface area contributed by atoms with Crippen molar-refractivity contribution in [1.82, 2.24) is 15.3 Å². The maximum absolute atomic E-state index is 12.3. The van der Waals surface area contributed by atoms with Crippen molar-refractivity contribution in [3.63, 3.8) is 0 Å². The van der Waals surface area contributed by atoms with Gasteiger partial charge in [0, 0.05) is 18.9 Å². The van der Waals surface area contributed by atoms with E-state index in [0.717, 1.165) is 31.0 Å². The summed E-state index contributed by atoms with van der Waals surface area (Å²) in [5.41, 5.74) is 0. The van der Waals surface area contributed by atoms with Crippen LogP contribution in [0.1, 0.15) is 18.6 Å². The quantitative estimate of drug-likeness (QED) is 0.909. The van der Waals surface area contributed by atoms with Gasteiger partial charge in [-0.25, -0.2) is 4.98 Å². The number of carbonyl (C=O) groups is 1. The average molecular weight is 272 g/mol. The van der Waals surface area contributed by atoms with E-state index in [9.17, 15) is 4.79 Å². The summed E-state index contributed by atoms with van der Waals surface area (Å²) in [5, 5.41) is 2.90. The van der Waals surface area contributed by atoms with Crippen molar-refractivity contribution in [2.45, 2.75) is 25.4 Å². The van der Waals surface area contributed by atoms with E-state index >= 15 is 0 Å². The van der Waals surface area contributed by atoms with Gasteiger partial charge in [-0.15, -0.1) is 0 Å². The molecular weight excluding hydrogens is 256 g/mol. The lowest BCUT2D eigenvalue weighted by Gasteiger charge is -2.24. The first-order chi connectivity index (χ1) is 9.84. The van der Waals surface area contributed by atoms with Gasteiger partial charge in [0.1, 0.15) is 17.6 Å². The normalized spacial score (nSPS) is 18.2. The van der Waals surface area contributed by atoms with Gasteiger partial charge in [-0.3, -0.25) is 9.78 Å². The minimum absolute atomic E-state index is 0.00422. The first-order valence-corrected chi connectivity index (χ1v) is 6.67. The second-order valence-corrected chi connectivity index (χ2v) is 4.71. The standard InChI is InChI=1S/C14H16N4O2/c19-14(17-9-11-3-2-8-20-11)12-4-1-7-18(12)13-10-15-5-6-16-13/h2-3,5-6,8,10,12H,1,4,7,9H2,(H,17,19). The van der Waals surface area contributed by atoms with Gasteiger partial charge >= 0.3 is 0 Å². The van der Waals surface area contributed by atoms with E-state index in [1.807, 2.05) is 17.0 Å². The summed E-state index contributed by atoms with van der Waals surface area (Å²) >= 11 is 0. The van der Waals surface area contributed by atoms with E-state index in [1.54, 1.807) is 24.9 Å². The predicted molar refractivity (Wildman–Crippen MR) is 73.0 cm³/mol. The number of amides is 1. The van der Waals surface area contributed by atoms with Gasteiger partial charge in [0.2, 0.25) is 5.91 Å². The lowest BCUT2D eigenvalue weighted by molar-refractivity contribution is -0.122. The van der Waals surface area contributed by atoms with Crippen LogP contribution in [0.25, 0.3) is 0 Å². The zero-order chi connectivity index (χ0) is 13.8. The van der Waals surface area contributed by atoms with Gasteiger partial charge in [0.25, 0.3) is 0 Å². The Morgan fingerprint density at radius 2 is 2.45 bits per heavy atom. The van der Waals surface area contributed by atoms with Crippen LogP contribution >= 0.6 is 0 Å². The van der Waals surface area contributed by atoms with Crippen LogP contribution in [0.3, 0.4) is 0 Å². The number of furan rings is 1. The van der Waals surface area contributed by atoms with Gasteiger partial charge in [-0.1, -0.05) is 0 Å². The highest BCUT2D eigenvalue weighted by molar-refractivity contribution is 5.85. The van der Waals surface area contributed by atoms with Crippen LogP contribution in [-0.4, -0.2) is 28.5 Å². The van der Waals surface area contributed by atoms with Gasteiger partial charge in [0.05, 0.1) is 19.0 Å². The lowest BCUT2D eigenvalue weighted by Crippen LogP contribution is -2.43. The molecule has 1 unspecified atom stereocenters. The first-order valence-electron chi connectivity index (χ1n) is 6.67. The molecule has 6 heteroatoms. The predicted octanol–water partition coefficient (Wildman–Crippen LogP) is 1.35. The smallest absolute Gasteiger partial charge is 0.243 e. The molecule has 0 radical (unpaired) electrons. The van der Waals surface area contributed by atoms with Crippen LogP contribution in [0.4, 0.5) is 5.82 Å². The van der Waals surface area contributed by atoms with Crippen molar-refractivity contribution in [3.05, 3.63) is 42.7 Å². The molecule has 1 aliphatic heterocycles. The molecule has 0 aromatic carbocycles. The monoisotopic (exact) mass is 272 g/mol. The number of rotatable bonds is 4. The molecule has 2 aromatic rings. The Morgan fingerprint density at radius 1 is 1.50 bits per heavy atom. The molecule has 6 nitrogen and oxygen atoms in total. The van der Waals surface area contributed by atoms with Crippen LogP contribution in [0.15, 0.2) is 41.4 Å². The molecule has 20 heavy (non-hydrogen) atoms. The van der Waals surface area contributed by atoms with Crippen molar-refractivity contribution in [2.24, 2.45) is 0 Å². The molecular formula is C14H16N4O2. The number of anilines is 1. The van der Waals surface area contributed by atoms with E-state index in [1.165, 1.54) is 0 Å². The van der Waals surface area contributed by atoms with Crippen LogP contribution < -0.4 is 10.2 Å². The molecule has 1 aliphatic rings. The van der Waals surface area contributed by atoms with Crippen molar-refractivity contribution >= 4 is 11.7 Å². The third-order valence-electron chi connectivity index (χ3n) is 3.42. The molecule has 0 saturated carbocycles. The maximum Gasteiger partial charge on any atom is 0.243 e. The van der Waals surface area contributed by atoms with Crippen LogP contribution in [0.5, 0.6) is 0 Å². The second kappa shape index (κ2) is 5.73. The van der Waals surface area contributed by atoms with E-state index in [0.29, 0.717) is 6.54 Å². The van der Waals surface area contributed by atoms with E-state index in [2.05, 4.69) is 15.3 Å². The van der Waals surface area contributed by atoms with Crippen molar-refractivity contribution in [3.8, 4) is 0 Å². The van der Waals surface area contributed by atoms with Crippen molar-refractivity contribution in [1.29, 1.82) is 0 Å². The Morgan fingerprint density at radius 3 is 3.20 bits per heavy atom. The topological polar surface area (TPSA) is 71.3 Å². The van der Waals surface area contributed by atoms with Crippen LogP contribution in [-0.2, 0) is 11.3 Å². The summed E-state index contributed by atoms with van der Waals surface area (Å²) in [4.78, 5) is 22.6. The van der Waals surface area contributed by atoms with Crippen LogP contribution in [0.2, 0.25) is 0 Å². The SMILES string of the molecule is O=C(NCc1ccco1)C1CCCN1c1cnccn1. The fraction of sp³-hybridized carbons (Fsp3) is 0.357. The number of carbonyl (C=O) groups excluding carboxylic acids is 1. The molecule has 3 rings (SSSR count). The van der Waals surface area contributed by atoms with Crippen molar-refractivity contribution < 1.29 is 9.21 Å². The van der Waals surface area contributed by atoms with Gasteiger partial charge in [-0.2, -0.15) is 0 Å². The summed E-state index contributed by atoms with van der Waals surface area (Å²) in [6.07, 6.45) is 8.38. The number of nitrogens with zero attached hydrogens (tertiary/aromatic N) is 3. The zero-order valence-corrected chi connectivity index (χ0v) is 11.0. The lowest BCUT2D eigenvalue weighted by atomic mass is 10.2. The van der Waals surface area contributed by atoms with E-state index in [-0.39, 0.29) is 11.9 Å². The Hall–Kier alpha value is -2.37. The molecule has 0 aliphatic carbocycles. The maximum atomic E-state index is 12.3. The summed E-state index contributed by atoms with van der Waals surface area (Å²) in [7, 11) is 0. The third-order valence-corrected chi connectivity index (χ3v) is 3.42. The summed E-state index contributed by atoms with van der Waals surface area (Å²) in [6, 6.07) is 3.47. The summed E-state index contributed by atoms with van der Waals surface area (Å²) < 4.78 is 5.21. The molecule has 0 bridgehead atoms. The highest BCUT2D eigenvalue weighted by Crippen LogP contribution is 2.23.